The zero-order valence-electron chi connectivity index (χ0n) is 9.27. The lowest BCUT2D eigenvalue weighted by atomic mass is 9.99. The third-order valence-electron chi connectivity index (χ3n) is 2.61. The molecule has 16 heavy (non-hydrogen) atoms. The zero-order valence-corrected chi connectivity index (χ0v) is 9.27. The minimum atomic E-state index is -0.114. The molecule has 2 N–H and O–H groups in total. The highest BCUT2D eigenvalue weighted by Gasteiger charge is 2.10. The molecule has 0 bridgehead atoms. The van der Waals surface area contributed by atoms with Crippen molar-refractivity contribution < 1.29 is 0 Å². The average Bonchev–Trinajstić information content (AvgIpc) is 2.28. The van der Waals surface area contributed by atoms with Crippen molar-refractivity contribution in [3.05, 3.63) is 41.6 Å². The first kappa shape index (κ1) is 10.7. The van der Waals surface area contributed by atoms with Crippen LogP contribution in [-0.2, 0) is 0 Å². The van der Waals surface area contributed by atoms with E-state index in [4.69, 9.17) is 12.2 Å². The Balaban J connectivity index is 2.63. The molecule has 80 valence electrons. The topological polar surface area (TPSA) is 38.9 Å². The molecular formula is C14H14N2. The van der Waals surface area contributed by atoms with Crippen LogP contribution in [-0.4, -0.2) is 4.98 Å². The second-order valence-electron chi connectivity index (χ2n) is 3.88. The number of aryl methyl sites for hydroxylation is 1. The van der Waals surface area contributed by atoms with Gasteiger partial charge in [0.2, 0.25) is 0 Å². The summed E-state index contributed by atoms with van der Waals surface area (Å²) < 4.78 is 0. The van der Waals surface area contributed by atoms with E-state index < -0.39 is 0 Å². The lowest BCUT2D eigenvalue weighted by Crippen LogP contribution is -2.10. The smallest absolute Gasteiger partial charge is 0.0708 e. The number of benzene rings is 1. The molecular weight excluding hydrogens is 196 g/mol. The van der Waals surface area contributed by atoms with E-state index in [-0.39, 0.29) is 6.04 Å². The summed E-state index contributed by atoms with van der Waals surface area (Å²) >= 11 is 0. The monoisotopic (exact) mass is 210 g/mol. The van der Waals surface area contributed by atoms with Crippen molar-refractivity contribution in [1.29, 1.82) is 0 Å². The van der Waals surface area contributed by atoms with Gasteiger partial charge in [-0.1, -0.05) is 18.2 Å². The molecule has 2 nitrogen and oxygen atoms in total. The molecule has 1 heterocycles. The number of terminal acetylenes is 1. The number of para-hydroxylation sites is 1. The minimum absolute atomic E-state index is 0.114. The number of hydrogen-bond donors (Lipinski definition) is 1. The Kier molecular flexibility index (Phi) is 2.89. The molecule has 2 heteroatoms. The fourth-order valence-electron chi connectivity index (χ4n) is 1.88. The molecule has 0 saturated heterocycles. The second kappa shape index (κ2) is 4.34. The maximum atomic E-state index is 6.07. The fraction of sp³-hybridized carbons (Fsp3) is 0.214. The molecule has 0 amide bonds. The van der Waals surface area contributed by atoms with Gasteiger partial charge in [0.15, 0.2) is 0 Å². The van der Waals surface area contributed by atoms with Crippen molar-refractivity contribution in [2.45, 2.75) is 19.4 Å². The Labute approximate surface area is 95.5 Å². The number of nitrogens with two attached hydrogens (primary N) is 1. The maximum absolute atomic E-state index is 6.07. The quantitative estimate of drug-likeness (QED) is 0.774. The predicted octanol–water partition coefficient (Wildman–Crippen LogP) is 2.57. The van der Waals surface area contributed by atoms with E-state index in [0.29, 0.717) is 6.42 Å². The van der Waals surface area contributed by atoms with E-state index in [9.17, 15) is 0 Å². The van der Waals surface area contributed by atoms with E-state index in [1.54, 1.807) is 0 Å². The Morgan fingerprint density at radius 3 is 2.94 bits per heavy atom. The molecule has 1 aromatic carbocycles. The van der Waals surface area contributed by atoms with Crippen LogP contribution in [0, 0.1) is 19.3 Å². The number of fused-ring (bicyclic) bond motifs is 1. The Morgan fingerprint density at radius 1 is 1.44 bits per heavy atom. The molecule has 0 aliphatic heterocycles. The van der Waals surface area contributed by atoms with E-state index in [1.807, 2.05) is 37.3 Å². The van der Waals surface area contributed by atoms with Crippen LogP contribution < -0.4 is 5.73 Å². The van der Waals surface area contributed by atoms with Crippen LogP contribution in [0.1, 0.15) is 23.7 Å². The summed E-state index contributed by atoms with van der Waals surface area (Å²) in [4.78, 5) is 4.47. The van der Waals surface area contributed by atoms with Crippen molar-refractivity contribution in [3.63, 3.8) is 0 Å². The van der Waals surface area contributed by atoms with Crippen LogP contribution in [0.5, 0.6) is 0 Å². The van der Waals surface area contributed by atoms with Crippen molar-refractivity contribution in [2.24, 2.45) is 5.73 Å². The maximum Gasteiger partial charge on any atom is 0.0708 e. The molecule has 1 atom stereocenters. The molecule has 0 spiro atoms. The molecule has 1 aromatic heterocycles. The van der Waals surface area contributed by atoms with Gasteiger partial charge in [0, 0.05) is 23.5 Å². The largest absolute Gasteiger partial charge is 0.323 e. The molecule has 2 aromatic rings. The van der Waals surface area contributed by atoms with Gasteiger partial charge in [-0.2, -0.15) is 0 Å². The lowest BCUT2D eigenvalue weighted by Gasteiger charge is -2.12. The molecule has 2 rings (SSSR count). The Bertz CT molecular complexity index is 552. The second-order valence-corrected chi connectivity index (χ2v) is 3.88. The number of aromatic nitrogens is 1. The van der Waals surface area contributed by atoms with Gasteiger partial charge >= 0.3 is 0 Å². The van der Waals surface area contributed by atoms with Gasteiger partial charge in [-0.3, -0.25) is 4.98 Å². The summed E-state index contributed by atoms with van der Waals surface area (Å²) in [5.41, 5.74) is 9.10. The SMILES string of the molecule is C#CCC(N)c1cc(C)nc2ccccc12. The van der Waals surface area contributed by atoms with Gasteiger partial charge in [-0.15, -0.1) is 12.3 Å². The van der Waals surface area contributed by atoms with Crippen molar-refractivity contribution in [1.82, 2.24) is 4.98 Å². The van der Waals surface area contributed by atoms with Gasteiger partial charge in [0.1, 0.15) is 0 Å². The van der Waals surface area contributed by atoms with Crippen molar-refractivity contribution in [3.8, 4) is 12.3 Å². The number of nitrogens with zero attached hydrogens (tertiary/aromatic N) is 1. The van der Waals surface area contributed by atoms with Crippen molar-refractivity contribution in [2.75, 3.05) is 0 Å². The van der Waals surface area contributed by atoms with Gasteiger partial charge in [0.25, 0.3) is 0 Å². The van der Waals surface area contributed by atoms with Gasteiger partial charge in [-0.05, 0) is 24.6 Å². The Hall–Kier alpha value is -1.85. The van der Waals surface area contributed by atoms with Crippen LogP contribution >= 0.6 is 0 Å². The molecule has 0 fully saturated rings. The van der Waals surface area contributed by atoms with E-state index in [0.717, 1.165) is 22.2 Å². The molecule has 0 aliphatic carbocycles. The van der Waals surface area contributed by atoms with Crippen LogP contribution in [0.15, 0.2) is 30.3 Å². The Morgan fingerprint density at radius 2 is 2.19 bits per heavy atom. The summed E-state index contributed by atoms with van der Waals surface area (Å²) in [5, 5.41) is 1.09. The normalized spacial score (nSPS) is 12.3. The predicted molar refractivity (Wildman–Crippen MR) is 66.9 cm³/mol. The zero-order chi connectivity index (χ0) is 11.5. The highest BCUT2D eigenvalue weighted by Crippen LogP contribution is 2.24. The first-order chi connectivity index (χ1) is 7.72. The van der Waals surface area contributed by atoms with Crippen LogP contribution in [0.2, 0.25) is 0 Å². The molecule has 0 saturated carbocycles. The lowest BCUT2D eigenvalue weighted by molar-refractivity contribution is 0.759. The molecule has 0 radical (unpaired) electrons. The first-order valence-corrected chi connectivity index (χ1v) is 5.27. The number of rotatable bonds is 2. The van der Waals surface area contributed by atoms with Gasteiger partial charge in [-0.25, -0.2) is 0 Å². The third kappa shape index (κ3) is 1.91. The van der Waals surface area contributed by atoms with E-state index >= 15 is 0 Å². The molecule has 1 unspecified atom stereocenters. The highest BCUT2D eigenvalue weighted by molar-refractivity contribution is 5.82. The van der Waals surface area contributed by atoms with Crippen LogP contribution in [0.25, 0.3) is 10.9 Å². The van der Waals surface area contributed by atoms with Gasteiger partial charge < -0.3 is 5.73 Å². The standard InChI is InChI=1S/C14H14N2/c1-3-6-13(15)12-9-10(2)16-14-8-5-4-7-11(12)14/h1,4-5,7-9,13H,6,15H2,2H3. The van der Waals surface area contributed by atoms with Crippen LogP contribution in [0.4, 0.5) is 0 Å². The highest BCUT2D eigenvalue weighted by atomic mass is 14.7. The number of hydrogen-bond acceptors (Lipinski definition) is 2. The average molecular weight is 210 g/mol. The molecule has 0 aliphatic rings. The third-order valence-corrected chi connectivity index (χ3v) is 2.61. The van der Waals surface area contributed by atoms with E-state index in [1.165, 1.54) is 0 Å². The minimum Gasteiger partial charge on any atom is -0.323 e. The summed E-state index contributed by atoms with van der Waals surface area (Å²) in [6.07, 6.45) is 5.85. The van der Waals surface area contributed by atoms with Crippen LogP contribution in [0.3, 0.4) is 0 Å². The summed E-state index contributed by atoms with van der Waals surface area (Å²) in [5.74, 6) is 2.60. The van der Waals surface area contributed by atoms with E-state index in [2.05, 4.69) is 10.9 Å². The fourth-order valence-corrected chi connectivity index (χ4v) is 1.88. The summed E-state index contributed by atoms with van der Waals surface area (Å²) in [6.45, 7) is 1.97. The first-order valence-electron chi connectivity index (χ1n) is 5.27. The van der Waals surface area contributed by atoms with Crippen molar-refractivity contribution >= 4 is 10.9 Å². The van der Waals surface area contributed by atoms with Gasteiger partial charge in [0.05, 0.1) is 5.52 Å². The number of pyridine rings is 1. The summed E-state index contributed by atoms with van der Waals surface area (Å²) in [7, 11) is 0. The summed E-state index contributed by atoms with van der Waals surface area (Å²) in [6, 6.07) is 9.90.